The minimum Gasteiger partial charge on any atom is -0.490 e. The second kappa shape index (κ2) is 5.90. The van der Waals surface area contributed by atoms with Gasteiger partial charge in [0.05, 0.1) is 6.04 Å². The van der Waals surface area contributed by atoms with Crippen LogP contribution in [0.5, 0.6) is 5.75 Å². The summed E-state index contributed by atoms with van der Waals surface area (Å²) in [5.74, 6) is 0.819. The summed E-state index contributed by atoms with van der Waals surface area (Å²) in [5.41, 5.74) is 0.844. The zero-order valence-electron chi connectivity index (χ0n) is 15.3. The van der Waals surface area contributed by atoms with Crippen molar-refractivity contribution in [1.82, 2.24) is 4.90 Å². The molecular weight excluding hydrogens is 326 g/mol. The summed E-state index contributed by atoms with van der Waals surface area (Å²) >= 11 is 0. The average molecular weight is 349 g/mol. The van der Waals surface area contributed by atoms with Crippen LogP contribution in [0.1, 0.15) is 37.9 Å². The molecule has 4 nitrogen and oxygen atoms in total. The highest BCUT2D eigenvalue weighted by atomic mass is 16.6. The Morgan fingerprint density at radius 2 is 1.81 bits per heavy atom. The summed E-state index contributed by atoms with van der Waals surface area (Å²) in [6, 6.07) is 17.7. The quantitative estimate of drug-likeness (QED) is 0.693. The van der Waals surface area contributed by atoms with Gasteiger partial charge in [-0.15, -0.1) is 0 Å². The first-order chi connectivity index (χ1) is 12.4. The summed E-state index contributed by atoms with van der Waals surface area (Å²) in [6.07, 6.45) is 3.82. The zero-order valence-corrected chi connectivity index (χ0v) is 15.3. The number of nitrogens with zero attached hydrogens (tertiary/aromatic N) is 1. The lowest BCUT2D eigenvalue weighted by atomic mass is 9.91. The predicted molar refractivity (Wildman–Crippen MR) is 100 cm³/mol. The number of amides is 1. The summed E-state index contributed by atoms with van der Waals surface area (Å²) < 4.78 is 11.7. The summed E-state index contributed by atoms with van der Waals surface area (Å²) in [5, 5.41) is 0. The van der Waals surface area contributed by atoms with Crippen molar-refractivity contribution in [2.24, 2.45) is 0 Å². The number of ether oxygens (including phenoxy) is 2. The van der Waals surface area contributed by atoms with E-state index in [1.165, 1.54) is 0 Å². The van der Waals surface area contributed by atoms with E-state index in [4.69, 9.17) is 9.47 Å². The van der Waals surface area contributed by atoms with Gasteiger partial charge in [0.1, 0.15) is 23.5 Å². The maximum atomic E-state index is 13.2. The third-order valence-corrected chi connectivity index (χ3v) is 4.79. The van der Waals surface area contributed by atoms with Crippen LogP contribution in [0.4, 0.5) is 4.79 Å². The number of benzene rings is 2. The molecule has 2 aromatic rings. The Morgan fingerprint density at radius 3 is 2.54 bits per heavy atom. The SMILES string of the molecule is CC(C)(C)OC(=O)N1[C@@H](c2ccccc2)C=C[C@@]12COc1ccccc12. The van der Waals surface area contributed by atoms with E-state index in [-0.39, 0.29) is 12.1 Å². The normalized spacial score (nSPS) is 23.8. The van der Waals surface area contributed by atoms with Crippen molar-refractivity contribution in [2.45, 2.75) is 38.0 Å². The molecule has 1 spiro atoms. The number of fused-ring (bicyclic) bond motifs is 2. The van der Waals surface area contributed by atoms with Crippen LogP contribution in [0.25, 0.3) is 0 Å². The van der Waals surface area contributed by atoms with Gasteiger partial charge in [-0.1, -0.05) is 60.7 Å². The fraction of sp³-hybridized carbons (Fsp3) is 0.318. The second-order valence-electron chi connectivity index (χ2n) is 7.77. The molecule has 1 amide bonds. The van der Waals surface area contributed by atoms with Gasteiger partial charge >= 0.3 is 6.09 Å². The molecule has 4 heteroatoms. The lowest BCUT2D eigenvalue weighted by Crippen LogP contribution is -2.49. The van der Waals surface area contributed by atoms with E-state index in [0.29, 0.717) is 6.61 Å². The molecule has 2 aliphatic rings. The molecule has 2 atom stereocenters. The molecule has 2 aliphatic heterocycles. The van der Waals surface area contributed by atoms with E-state index in [9.17, 15) is 4.79 Å². The number of rotatable bonds is 1. The Bertz CT molecular complexity index is 853. The van der Waals surface area contributed by atoms with Crippen molar-refractivity contribution < 1.29 is 14.3 Å². The smallest absolute Gasteiger partial charge is 0.412 e. The molecule has 0 unspecified atom stereocenters. The molecule has 2 aromatic carbocycles. The molecule has 0 N–H and O–H groups in total. The van der Waals surface area contributed by atoms with Gasteiger partial charge in [-0.25, -0.2) is 4.79 Å². The topological polar surface area (TPSA) is 38.8 Å². The lowest BCUT2D eigenvalue weighted by molar-refractivity contribution is -0.00268. The molecule has 0 bridgehead atoms. The van der Waals surface area contributed by atoms with Gasteiger partial charge in [0.25, 0.3) is 0 Å². The van der Waals surface area contributed by atoms with Gasteiger partial charge in [0, 0.05) is 5.56 Å². The fourth-order valence-corrected chi connectivity index (χ4v) is 3.72. The first kappa shape index (κ1) is 16.7. The monoisotopic (exact) mass is 349 g/mol. The highest BCUT2D eigenvalue weighted by Crippen LogP contribution is 2.50. The second-order valence-corrected chi connectivity index (χ2v) is 7.77. The third kappa shape index (κ3) is 2.66. The standard InChI is InChI=1S/C22H23NO3/c1-21(2,3)26-20(24)23-18(16-9-5-4-6-10-16)13-14-22(23)15-25-19-12-8-7-11-17(19)22/h4-14,18H,15H2,1-3H3/t18-,22+/m1/s1. The molecule has 0 radical (unpaired) electrons. The molecule has 26 heavy (non-hydrogen) atoms. The van der Waals surface area contributed by atoms with E-state index < -0.39 is 11.1 Å². The number of carbonyl (C=O) groups excluding carboxylic acids is 1. The summed E-state index contributed by atoms with van der Waals surface area (Å²) in [4.78, 5) is 15.0. The molecule has 0 aliphatic carbocycles. The maximum absolute atomic E-state index is 13.2. The van der Waals surface area contributed by atoms with Crippen molar-refractivity contribution >= 4 is 6.09 Å². The maximum Gasteiger partial charge on any atom is 0.412 e. The highest BCUT2D eigenvalue weighted by molar-refractivity contribution is 5.73. The fourth-order valence-electron chi connectivity index (χ4n) is 3.72. The number of hydrogen-bond donors (Lipinski definition) is 0. The van der Waals surface area contributed by atoms with Crippen LogP contribution in [0.3, 0.4) is 0 Å². The van der Waals surface area contributed by atoms with Gasteiger partial charge in [0.15, 0.2) is 0 Å². The van der Waals surface area contributed by atoms with Crippen molar-refractivity contribution in [3.05, 3.63) is 77.9 Å². The van der Waals surface area contributed by atoms with E-state index in [1.54, 1.807) is 0 Å². The summed E-state index contributed by atoms with van der Waals surface area (Å²) in [7, 11) is 0. The van der Waals surface area contributed by atoms with E-state index >= 15 is 0 Å². The minimum atomic E-state index is -0.639. The number of hydrogen-bond acceptors (Lipinski definition) is 3. The van der Waals surface area contributed by atoms with Crippen molar-refractivity contribution in [2.75, 3.05) is 6.61 Å². The van der Waals surface area contributed by atoms with Crippen LogP contribution in [0.15, 0.2) is 66.7 Å². The number of para-hydroxylation sites is 1. The summed E-state index contributed by atoms with van der Waals surface area (Å²) in [6.45, 7) is 6.05. The van der Waals surface area contributed by atoms with E-state index in [2.05, 4.69) is 12.2 Å². The molecule has 134 valence electrons. The number of carbonyl (C=O) groups is 1. The van der Waals surface area contributed by atoms with Gasteiger partial charge in [-0.05, 0) is 32.4 Å². The van der Waals surface area contributed by atoms with Gasteiger partial charge in [-0.3, -0.25) is 4.90 Å². The van der Waals surface area contributed by atoms with Crippen molar-refractivity contribution in [3.8, 4) is 5.75 Å². The Hall–Kier alpha value is -2.75. The first-order valence-corrected chi connectivity index (χ1v) is 8.90. The Morgan fingerprint density at radius 1 is 1.12 bits per heavy atom. The van der Waals surface area contributed by atoms with Crippen LogP contribution in [0, 0.1) is 0 Å². The van der Waals surface area contributed by atoms with Crippen LogP contribution in [-0.2, 0) is 10.3 Å². The lowest BCUT2D eigenvalue weighted by Gasteiger charge is -2.38. The van der Waals surface area contributed by atoms with E-state index in [1.807, 2.05) is 80.3 Å². The van der Waals surface area contributed by atoms with Crippen LogP contribution >= 0.6 is 0 Å². The Balaban J connectivity index is 1.80. The Labute approximate surface area is 154 Å². The average Bonchev–Trinajstić information content (AvgIpc) is 3.17. The van der Waals surface area contributed by atoms with Gasteiger partial charge < -0.3 is 9.47 Å². The van der Waals surface area contributed by atoms with E-state index in [0.717, 1.165) is 16.9 Å². The van der Waals surface area contributed by atoms with Crippen LogP contribution in [0.2, 0.25) is 0 Å². The Kier molecular flexibility index (Phi) is 3.79. The van der Waals surface area contributed by atoms with Gasteiger partial charge in [-0.2, -0.15) is 0 Å². The van der Waals surface area contributed by atoms with Gasteiger partial charge in [0.2, 0.25) is 0 Å². The first-order valence-electron chi connectivity index (χ1n) is 8.90. The molecule has 2 heterocycles. The van der Waals surface area contributed by atoms with Crippen LogP contribution in [-0.4, -0.2) is 23.2 Å². The van der Waals surface area contributed by atoms with Crippen molar-refractivity contribution in [1.29, 1.82) is 0 Å². The third-order valence-electron chi connectivity index (χ3n) is 4.79. The minimum absolute atomic E-state index is 0.194. The molecular formula is C22H23NO3. The molecule has 0 fully saturated rings. The zero-order chi connectivity index (χ0) is 18.4. The predicted octanol–water partition coefficient (Wildman–Crippen LogP) is 4.82. The molecule has 0 saturated carbocycles. The highest BCUT2D eigenvalue weighted by Gasteiger charge is 2.53. The largest absolute Gasteiger partial charge is 0.490 e. The van der Waals surface area contributed by atoms with Crippen LogP contribution < -0.4 is 4.74 Å². The molecule has 0 saturated heterocycles. The molecule has 0 aromatic heterocycles. The van der Waals surface area contributed by atoms with Crippen molar-refractivity contribution in [3.63, 3.8) is 0 Å². The molecule has 4 rings (SSSR count).